The van der Waals surface area contributed by atoms with Crippen molar-refractivity contribution in [3.8, 4) is 0 Å². The molecule has 7 amide bonds. The van der Waals surface area contributed by atoms with Gasteiger partial charge in [0.05, 0.1) is 42.7 Å². The van der Waals surface area contributed by atoms with Gasteiger partial charge in [-0.3, -0.25) is 38.5 Å². The van der Waals surface area contributed by atoms with E-state index in [1.807, 2.05) is 39.8 Å². The van der Waals surface area contributed by atoms with Gasteiger partial charge in [0.2, 0.25) is 29.5 Å². The number of nitrogens with zero attached hydrogens (tertiary/aromatic N) is 4. The van der Waals surface area contributed by atoms with Crippen molar-refractivity contribution < 1.29 is 43.0 Å². The molecule has 1 aromatic carbocycles. The average molecular weight is 886 g/mol. The van der Waals surface area contributed by atoms with E-state index in [1.54, 1.807) is 50.1 Å². The quantitative estimate of drug-likeness (QED) is 0.0745. The first kappa shape index (κ1) is 52.1. The standard InChI is InChI=1S/C45H72N7O9P/c1-10-29(4)41(50(7)45(59)40(46)28(2)3)35(60-8)25-39(56)51-24-14-15-34(51)42(61-9)30(5)43(57)48-33(27-62)44(58)49(6)32-19-17-31(18-20-32)26-47-36(53)16-12-11-13-23-52-37(54)21-22-38(52)55/h17-22,28-30,33-35,40-42H,10-16,23-27,46,62H2,1-9H3,(H,47,53)(H,48,57)/t29-,30+,33-,34-,35+,40-,41-,42+/m0/s1. The van der Waals surface area contributed by atoms with Gasteiger partial charge in [-0.05, 0) is 61.4 Å². The summed E-state index contributed by atoms with van der Waals surface area (Å²) in [5, 5.41) is 5.82. The molecule has 2 heterocycles. The molecule has 1 saturated heterocycles. The molecule has 9 atom stereocenters. The molecule has 2 aliphatic heterocycles. The smallest absolute Gasteiger partial charge is 0.253 e. The van der Waals surface area contributed by atoms with Gasteiger partial charge in [-0.2, -0.15) is 0 Å². The summed E-state index contributed by atoms with van der Waals surface area (Å²) in [7, 11) is 8.97. The number of nitrogens with two attached hydrogens (primary N) is 1. The Morgan fingerprint density at radius 1 is 0.935 bits per heavy atom. The Kier molecular flexibility index (Phi) is 21.1. The third-order valence-electron chi connectivity index (χ3n) is 12.4. The normalized spacial score (nSPS) is 18.5. The first-order valence-electron chi connectivity index (χ1n) is 22.0. The fraction of sp³-hybridized carbons (Fsp3) is 0.667. The molecule has 0 aromatic heterocycles. The summed E-state index contributed by atoms with van der Waals surface area (Å²) < 4.78 is 11.9. The first-order chi connectivity index (χ1) is 29.4. The second-order valence-corrected chi connectivity index (χ2v) is 17.4. The number of ether oxygens (including phenoxy) is 2. The number of likely N-dealkylation sites (N-methyl/N-ethyl adjacent to an activating group) is 2. The summed E-state index contributed by atoms with van der Waals surface area (Å²) in [5.41, 5.74) is 7.71. The maximum Gasteiger partial charge on any atom is 0.253 e. The van der Waals surface area contributed by atoms with Gasteiger partial charge in [0, 0.05) is 72.2 Å². The van der Waals surface area contributed by atoms with Crippen LogP contribution in [-0.2, 0) is 49.6 Å². The summed E-state index contributed by atoms with van der Waals surface area (Å²) in [6.07, 6.45) is 6.00. The van der Waals surface area contributed by atoms with Crippen LogP contribution in [0.25, 0.3) is 0 Å². The Bertz CT molecular complexity index is 1710. The zero-order chi connectivity index (χ0) is 46.3. The molecular weight excluding hydrogens is 814 g/mol. The number of methoxy groups -OCH3 is 2. The highest BCUT2D eigenvalue weighted by molar-refractivity contribution is 7.16. The van der Waals surface area contributed by atoms with Crippen molar-refractivity contribution in [2.75, 3.05) is 52.5 Å². The average Bonchev–Trinajstić information content (AvgIpc) is 3.88. The van der Waals surface area contributed by atoms with Crippen LogP contribution in [0.3, 0.4) is 0 Å². The monoisotopic (exact) mass is 886 g/mol. The number of unbranched alkanes of at least 4 members (excludes halogenated alkanes) is 2. The number of hydrogen-bond acceptors (Lipinski definition) is 10. The van der Waals surface area contributed by atoms with Crippen LogP contribution in [0.4, 0.5) is 5.69 Å². The minimum absolute atomic E-state index is 0.0263. The first-order valence-corrected chi connectivity index (χ1v) is 22.8. The maximum atomic E-state index is 14.1. The van der Waals surface area contributed by atoms with Crippen molar-refractivity contribution in [1.82, 2.24) is 25.3 Å². The van der Waals surface area contributed by atoms with Crippen LogP contribution < -0.4 is 21.3 Å². The second kappa shape index (κ2) is 25.2. The van der Waals surface area contributed by atoms with Gasteiger partial charge in [0.1, 0.15) is 6.04 Å². The van der Waals surface area contributed by atoms with Gasteiger partial charge in [-0.15, -0.1) is 9.24 Å². The molecule has 0 aliphatic carbocycles. The molecule has 1 unspecified atom stereocenters. The summed E-state index contributed by atoms with van der Waals surface area (Å²) in [6, 6.07) is 4.90. The molecule has 62 heavy (non-hydrogen) atoms. The Morgan fingerprint density at radius 3 is 2.15 bits per heavy atom. The largest absolute Gasteiger partial charge is 0.379 e. The predicted molar refractivity (Wildman–Crippen MR) is 241 cm³/mol. The second-order valence-electron chi connectivity index (χ2n) is 17.0. The number of carbonyl (C=O) groups is 7. The van der Waals surface area contributed by atoms with Crippen LogP contribution in [0.1, 0.15) is 91.5 Å². The van der Waals surface area contributed by atoms with Gasteiger partial charge in [-0.1, -0.05) is 59.6 Å². The van der Waals surface area contributed by atoms with Crippen LogP contribution >= 0.6 is 9.24 Å². The molecule has 1 aromatic rings. The number of nitrogens with one attached hydrogen (secondary N) is 2. The predicted octanol–water partition coefficient (Wildman–Crippen LogP) is 3.01. The number of imide groups is 1. The Balaban J connectivity index is 1.56. The van der Waals surface area contributed by atoms with E-state index in [2.05, 4.69) is 19.9 Å². The van der Waals surface area contributed by atoms with Gasteiger partial charge < -0.3 is 40.5 Å². The van der Waals surface area contributed by atoms with E-state index in [9.17, 15) is 33.6 Å². The molecule has 0 bridgehead atoms. The summed E-state index contributed by atoms with van der Waals surface area (Å²) in [5.74, 6) is -2.49. The van der Waals surface area contributed by atoms with Crippen molar-refractivity contribution in [2.24, 2.45) is 23.5 Å². The van der Waals surface area contributed by atoms with Crippen LogP contribution in [0.15, 0.2) is 36.4 Å². The molecule has 17 heteroatoms. The number of rotatable bonds is 25. The SMILES string of the molecule is CC[C@H](C)[C@@H]([C@@H](CC(=O)N1CCC[C@H]1[C@H](OC)[C@@H](C)C(=O)N[C@@H](CP)C(=O)N(C)c1ccc(CNC(=O)CCCCCN2C(=O)C=CC2=O)cc1)OC)N(C)C(=O)[C@@H](N)C(C)C. The van der Waals surface area contributed by atoms with Crippen molar-refractivity contribution in [3.63, 3.8) is 0 Å². The third kappa shape index (κ3) is 13.9. The lowest BCUT2D eigenvalue weighted by Gasteiger charge is -2.40. The maximum absolute atomic E-state index is 14.1. The molecule has 1 fully saturated rings. The Hall–Kier alpha value is -4.24. The van der Waals surface area contributed by atoms with Crippen molar-refractivity contribution in [1.29, 1.82) is 0 Å². The lowest BCUT2D eigenvalue weighted by Crippen LogP contribution is -2.56. The van der Waals surface area contributed by atoms with E-state index >= 15 is 0 Å². The topological polar surface area (TPSA) is 201 Å². The van der Waals surface area contributed by atoms with Crippen LogP contribution in [0.5, 0.6) is 0 Å². The fourth-order valence-corrected chi connectivity index (χ4v) is 8.54. The zero-order valence-electron chi connectivity index (χ0n) is 38.3. The number of likely N-dealkylation sites (tertiary alicyclic amines) is 1. The van der Waals surface area contributed by atoms with E-state index in [1.165, 1.54) is 29.1 Å². The van der Waals surface area contributed by atoms with E-state index in [0.717, 1.165) is 18.4 Å². The lowest BCUT2D eigenvalue weighted by molar-refractivity contribution is -0.146. The summed E-state index contributed by atoms with van der Waals surface area (Å²) in [4.78, 5) is 96.8. The number of carbonyl (C=O) groups excluding carboxylic acids is 7. The molecule has 2 aliphatic rings. The molecule has 346 valence electrons. The highest BCUT2D eigenvalue weighted by Crippen LogP contribution is 2.30. The molecule has 0 spiro atoms. The molecule has 0 saturated carbocycles. The van der Waals surface area contributed by atoms with Gasteiger partial charge >= 0.3 is 0 Å². The molecule has 3 rings (SSSR count). The highest BCUT2D eigenvalue weighted by atomic mass is 31.0. The van der Waals surface area contributed by atoms with Crippen LogP contribution in [-0.4, -0.2) is 140 Å². The Morgan fingerprint density at radius 2 is 1.58 bits per heavy atom. The zero-order valence-corrected chi connectivity index (χ0v) is 39.4. The van der Waals surface area contributed by atoms with E-state index in [4.69, 9.17) is 15.2 Å². The number of anilines is 1. The van der Waals surface area contributed by atoms with E-state index in [-0.39, 0.29) is 77.9 Å². The fourth-order valence-electron chi connectivity index (χ4n) is 8.22. The minimum Gasteiger partial charge on any atom is -0.379 e. The van der Waals surface area contributed by atoms with E-state index in [0.29, 0.717) is 57.4 Å². The summed E-state index contributed by atoms with van der Waals surface area (Å²) in [6.45, 7) is 10.8. The molecule has 4 N–H and O–H groups in total. The van der Waals surface area contributed by atoms with Gasteiger partial charge in [0.15, 0.2) is 0 Å². The van der Waals surface area contributed by atoms with Gasteiger partial charge in [0.25, 0.3) is 11.8 Å². The van der Waals surface area contributed by atoms with Crippen LogP contribution in [0, 0.1) is 17.8 Å². The van der Waals surface area contributed by atoms with E-state index < -0.39 is 30.2 Å². The minimum atomic E-state index is -0.853. The third-order valence-corrected chi connectivity index (χ3v) is 12.9. The van der Waals surface area contributed by atoms with Crippen LogP contribution in [0.2, 0.25) is 0 Å². The van der Waals surface area contributed by atoms with Crippen molar-refractivity contribution >= 4 is 56.3 Å². The lowest BCUT2D eigenvalue weighted by atomic mass is 9.89. The number of benzene rings is 1. The Labute approximate surface area is 370 Å². The van der Waals surface area contributed by atoms with Gasteiger partial charge in [-0.25, -0.2) is 0 Å². The molecule has 16 nitrogen and oxygen atoms in total. The molecular formula is C45H72N7O9P. The highest BCUT2D eigenvalue weighted by Gasteiger charge is 2.43. The van der Waals surface area contributed by atoms with Crippen molar-refractivity contribution in [3.05, 3.63) is 42.0 Å². The number of hydrogen-bond donors (Lipinski definition) is 3. The molecule has 0 radical (unpaired) electrons. The summed E-state index contributed by atoms with van der Waals surface area (Å²) >= 11 is 0. The number of amides is 7. The van der Waals surface area contributed by atoms with Crippen molar-refractivity contribution in [2.45, 2.75) is 129 Å².